The summed E-state index contributed by atoms with van der Waals surface area (Å²) in [6, 6.07) is 16.0. The number of para-hydroxylation sites is 1. The molecule has 2 aromatic carbocycles. The molecule has 0 aliphatic carbocycles. The van der Waals surface area contributed by atoms with Gasteiger partial charge in [0.1, 0.15) is 5.82 Å². The number of aromatic nitrogens is 1. The molecule has 0 saturated carbocycles. The summed E-state index contributed by atoms with van der Waals surface area (Å²) in [7, 11) is 0. The summed E-state index contributed by atoms with van der Waals surface area (Å²) in [5, 5.41) is 1.63. The zero-order valence-corrected chi connectivity index (χ0v) is 12.1. The molecule has 2 N–H and O–H groups in total. The van der Waals surface area contributed by atoms with Crippen LogP contribution in [0.2, 0.25) is 5.02 Å². The van der Waals surface area contributed by atoms with E-state index in [2.05, 4.69) is 17.0 Å². The fourth-order valence-corrected chi connectivity index (χ4v) is 3.12. The van der Waals surface area contributed by atoms with Crippen molar-refractivity contribution in [2.75, 3.05) is 17.2 Å². The summed E-state index contributed by atoms with van der Waals surface area (Å²) in [4.78, 5) is 7.02. The van der Waals surface area contributed by atoms with E-state index in [4.69, 9.17) is 22.3 Å². The molecule has 3 nitrogen and oxygen atoms in total. The lowest BCUT2D eigenvalue weighted by molar-refractivity contribution is 0.992. The molecule has 1 aliphatic heterocycles. The highest BCUT2D eigenvalue weighted by Crippen LogP contribution is 2.39. The predicted molar refractivity (Wildman–Crippen MR) is 88.3 cm³/mol. The zero-order chi connectivity index (χ0) is 14.4. The van der Waals surface area contributed by atoms with Gasteiger partial charge in [0.2, 0.25) is 0 Å². The molecule has 0 unspecified atom stereocenters. The van der Waals surface area contributed by atoms with Gasteiger partial charge in [0.05, 0.1) is 5.52 Å². The minimum absolute atomic E-state index is 0.689. The highest BCUT2D eigenvalue weighted by atomic mass is 35.5. The van der Waals surface area contributed by atoms with Crippen LogP contribution < -0.4 is 10.6 Å². The van der Waals surface area contributed by atoms with Gasteiger partial charge in [0.15, 0.2) is 0 Å². The first-order valence-electron chi connectivity index (χ1n) is 6.94. The lowest BCUT2D eigenvalue weighted by atomic mass is 10.1. The second-order valence-electron chi connectivity index (χ2n) is 5.23. The van der Waals surface area contributed by atoms with Gasteiger partial charge in [-0.25, -0.2) is 4.98 Å². The number of anilines is 3. The van der Waals surface area contributed by atoms with E-state index in [9.17, 15) is 0 Å². The van der Waals surface area contributed by atoms with Gasteiger partial charge in [-0.2, -0.15) is 0 Å². The Kier molecular flexibility index (Phi) is 2.76. The molecule has 104 valence electrons. The summed E-state index contributed by atoms with van der Waals surface area (Å²) in [5.74, 6) is 0.966. The summed E-state index contributed by atoms with van der Waals surface area (Å²) in [5.41, 5.74) is 10.3. The van der Waals surface area contributed by atoms with Gasteiger partial charge in [0.25, 0.3) is 0 Å². The van der Waals surface area contributed by atoms with Crippen LogP contribution in [0.4, 0.5) is 17.2 Å². The number of pyridine rings is 1. The molecule has 0 radical (unpaired) electrons. The maximum Gasteiger partial charge on any atom is 0.139 e. The molecular formula is C17H14ClN3. The predicted octanol–water partition coefficient (Wildman–Crippen LogP) is 4.16. The molecule has 0 atom stereocenters. The van der Waals surface area contributed by atoms with Crippen LogP contribution in [0.15, 0.2) is 48.5 Å². The van der Waals surface area contributed by atoms with Crippen molar-refractivity contribution in [1.82, 2.24) is 4.98 Å². The van der Waals surface area contributed by atoms with E-state index >= 15 is 0 Å². The van der Waals surface area contributed by atoms with Crippen LogP contribution in [0.3, 0.4) is 0 Å². The van der Waals surface area contributed by atoms with Crippen molar-refractivity contribution >= 4 is 39.7 Å². The standard InChI is InChI=1S/C17H14ClN3/c18-11-6-7-15-14(10-11)16(19)13-8-9-21(17(13)20-15)12-4-2-1-3-5-12/h1-7,10H,8-9H2,(H2,19,20). The molecule has 0 saturated heterocycles. The maximum atomic E-state index is 6.35. The molecule has 21 heavy (non-hydrogen) atoms. The van der Waals surface area contributed by atoms with Crippen LogP contribution >= 0.6 is 11.6 Å². The van der Waals surface area contributed by atoms with Gasteiger partial charge in [-0.05, 0) is 36.8 Å². The third-order valence-electron chi connectivity index (χ3n) is 3.98. The molecule has 3 aromatic rings. The average molecular weight is 296 g/mol. The number of rotatable bonds is 1. The first-order chi connectivity index (χ1) is 10.2. The number of hydrogen-bond donors (Lipinski definition) is 1. The first kappa shape index (κ1) is 12.5. The van der Waals surface area contributed by atoms with Crippen LogP contribution in [0, 0.1) is 0 Å². The fraction of sp³-hybridized carbons (Fsp3) is 0.118. The monoisotopic (exact) mass is 295 g/mol. The number of nitrogens with zero attached hydrogens (tertiary/aromatic N) is 2. The lowest BCUT2D eigenvalue weighted by Crippen LogP contribution is -2.14. The summed E-state index contributed by atoms with van der Waals surface area (Å²) >= 11 is 6.07. The van der Waals surface area contributed by atoms with Gasteiger partial charge in [-0.15, -0.1) is 0 Å². The van der Waals surface area contributed by atoms with Crippen LogP contribution in [0.25, 0.3) is 10.9 Å². The molecule has 1 aliphatic rings. The van der Waals surface area contributed by atoms with E-state index in [0.29, 0.717) is 5.02 Å². The van der Waals surface area contributed by atoms with Crippen molar-refractivity contribution in [2.45, 2.75) is 6.42 Å². The molecule has 0 fully saturated rings. The number of nitrogens with two attached hydrogens (primary N) is 1. The van der Waals surface area contributed by atoms with Gasteiger partial charge in [-0.3, -0.25) is 0 Å². The van der Waals surface area contributed by atoms with Crippen molar-refractivity contribution in [2.24, 2.45) is 0 Å². The van der Waals surface area contributed by atoms with E-state index in [-0.39, 0.29) is 0 Å². The van der Waals surface area contributed by atoms with E-state index in [1.165, 1.54) is 0 Å². The van der Waals surface area contributed by atoms with E-state index in [0.717, 1.165) is 46.6 Å². The molecule has 1 aromatic heterocycles. The van der Waals surface area contributed by atoms with Gasteiger partial charge < -0.3 is 10.6 Å². The topological polar surface area (TPSA) is 42.1 Å². The molecule has 0 bridgehead atoms. The Balaban J connectivity index is 1.93. The van der Waals surface area contributed by atoms with E-state index in [1.807, 2.05) is 36.4 Å². The molecule has 4 rings (SSSR count). The molecule has 4 heteroatoms. The Morgan fingerprint density at radius 3 is 2.71 bits per heavy atom. The molecular weight excluding hydrogens is 282 g/mol. The number of benzene rings is 2. The Hall–Kier alpha value is -2.26. The highest BCUT2D eigenvalue weighted by molar-refractivity contribution is 6.31. The second kappa shape index (κ2) is 4.64. The summed E-state index contributed by atoms with van der Waals surface area (Å²) in [6.45, 7) is 0.903. The van der Waals surface area contributed by atoms with Crippen molar-refractivity contribution in [3.63, 3.8) is 0 Å². The zero-order valence-electron chi connectivity index (χ0n) is 11.4. The second-order valence-corrected chi connectivity index (χ2v) is 5.66. The van der Waals surface area contributed by atoms with Crippen LogP contribution in [-0.2, 0) is 6.42 Å². The fourth-order valence-electron chi connectivity index (χ4n) is 2.94. The van der Waals surface area contributed by atoms with Gasteiger partial charge >= 0.3 is 0 Å². The third-order valence-corrected chi connectivity index (χ3v) is 4.21. The van der Waals surface area contributed by atoms with Crippen LogP contribution in [0.5, 0.6) is 0 Å². The minimum atomic E-state index is 0.689. The third kappa shape index (κ3) is 1.93. The van der Waals surface area contributed by atoms with Crippen LogP contribution in [-0.4, -0.2) is 11.5 Å². The summed E-state index contributed by atoms with van der Waals surface area (Å²) < 4.78 is 0. The first-order valence-corrected chi connectivity index (χ1v) is 7.32. The van der Waals surface area contributed by atoms with Crippen LogP contribution in [0.1, 0.15) is 5.56 Å². The highest BCUT2D eigenvalue weighted by Gasteiger charge is 2.25. The molecule has 2 heterocycles. The Morgan fingerprint density at radius 1 is 1.10 bits per heavy atom. The van der Waals surface area contributed by atoms with Crippen molar-refractivity contribution in [3.8, 4) is 0 Å². The normalized spacial score (nSPS) is 13.7. The number of fused-ring (bicyclic) bond motifs is 2. The van der Waals surface area contributed by atoms with E-state index < -0.39 is 0 Å². The maximum absolute atomic E-state index is 6.35. The number of halogens is 1. The average Bonchev–Trinajstić information content (AvgIpc) is 2.93. The van der Waals surface area contributed by atoms with Gasteiger partial charge in [-0.1, -0.05) is 29.8 Å². The number of hydrogen-bond acceptors (Lipinski definition) is 3. The lowest BCUT2D eigenvalue weighted by Gasteiger charge is -2.19. The van der Waals surface area contributed by atoms with Crippen molar-refractivity contribution in [1.29, 1.82) is 0 Å². The SMILES string of the molecule is Nc1c2c(nc3ccc(Cl)cc13)N(c1ccccc1)CC2. The Morgan fingerprint density at radius 2 is 1.90 bits per heavy atom. The van der Waals surface area contributed by atoms with E-state index in [1.54, 1.807) is 0 Å². The number of nitrogen functional groups attached to an aromatic ring is 1. The quantitative estimate of drug-likeness (QED) is 0.733. The van der Waals surface area contributed by atoms with Crippen molar-refractivity contribution < 1.29 is 0 Å². The Bertz CT molecular complexity index is 830. The summed E-state index contributed by atoms with van der Waals surface area (Å²) in [6.07, 6.45) is 0.908. The smallest absolute Gasteiger partial charge is 0.139 e. The largest absolute Gasteiger partial charge is 0.398 e. The van der Waals surface area contributed by atoms with Crippen molar-refractivity contribution in [3.05, 3.63) is 59.1 Å². The molecule has 0 amide bonds. The molecule has 0 spiro atoms. The van der Waals surface area contributed by atoms with Gasteiger partial charge in [0, 0.05) is 33.9 Å². The minimum Gasteiger partial charge on any atom is -0.398 e. The Labute approximate surface area is 128 Å².